The minimum Gasteiger partial charge on any atom is -0.296 e. The molecule has 2 aromatic rings. The Kier molecular flexibility index (Phi) is 1.88. The fraction of sp³-hybridized carbons (Fsp3) is 0.375. The van der Waals surface area contributed by atoms with E-state index in [2.05, 4.69) is 10.1 Å². The summed E-state index contributed by atoms with van der Waals surface area (Å²) in [5.41, 5.74) is 1.31. The predicted molar refractivity (Wildman–Crippen MR) is 50.4 cm³/mol. The zero-order valence-corrected chi connectivity index (χ0v) is 8.26. The standard InChI is InChI=1S/C8H9N3OS/c1-3-7-10-11-6(4-12)5(2)9-8(11)13-7/h4H,3H2,1-2H3. The van der Waals surface area contributed by atoms with Crippen molar-refractivity contribution in [3.8, 4) is 0 Å². The maximum absolute atomic E-state index is 10.7. The van der Waals surface area contributed by atoms with Crippen molar-refractivity contribution in [2.75, 3.05) is 0 Å². The Balaban J connectivity index is 2.73. The Bertz CT molecular complexity index is 457. The summed E-state index contributed by atoms with van der Waals surface area (Å²) < 4.78 is 1.62. The number of hydrogen-bond donors (Lipinski definition) is 0. The van der Waals surface area contributed by atoms with E-state index in [4.69, 9.17) is 0 Å². The van der Waals surface area contributed by atoms with Gasteiger partial charge in [0, 0.05) is 0 Å². The summed E-state index contributed by atoms with van der Waals surface area (Å²) in [7, 11) is 0. The third-order valence-electron chi connectivity index (χ3n) is 1.88. The van der Waals surface area contributed by atoms with Gasteiger partial charge < -0.3 is 0 Å². The number of carbonyl (C=O) groups is 1. The van der Waals surface area contributed by atoms with E-state index in [1.807, 2.05) is 13.8 Å². The first-order chi connectivity index (χ1) is 6.26. The highest BCUT2D eigenvalue weighted by Crippen LogP contribution is 2.17. The van der Waals surface area contributed by atoms with E-state index >= 15 is 0 Å². The van der Waals surface area contributed by atoms with Crippen LogP contribution < -0.4 is 0 Å². The minimum absolute atomic E-state index is 0.561. The molecule has 0 unspecified atom stereocenters. The number of rotatable bonds is 2. The van der Waals surface area contributed by atoms with Crippen LogP contribution in [0, 0.1) is 6.92 Å². The van der Waals surface area contributed by atoms with Crippen molar-refractivity contribution in [3.05, 3.63) is 16.4 Å². The van der Waals surface area contributed by atoms with Crippen LogP contribution in [0.1, 0.15) is 28.1 Å². The summed E-state index contributed by atoms with van der Waals surface area (Å²) in [6.45, 7) is 3.85. The van der Waals surface area contributed by atoms with Crippen molar-refractivity contribution in [1.82, 2.24) is 14.6 Å². The first kappa shape index (κ1) is 8.37. The summed E-state index contributed by atoms with van der Waals surface area (Å²) in [5, 5.41) is 5.27. The second kappa shape index (κ2) is 2.92. The molecule has 0 aliphatic carbocycles. The summed E-state index contributed by atoms with van der Waals surface area (Å²) in [6.07, 6.45) is 1.68. The van der Waals surface area contributed by atoms with Gasteiger partial charge in [0.05, 0.1) is 5.69 Å². The minimum atomic E-state index is 0.561. The molecule has 0 amide bonds. The number of nitrogens with zero attached hydrogens (tertiary/aromatic N) is 3. The third kappa shape index (κ3) is 1.16. The third-order valence-corrected chi connectivity index (χ3v) is 2.93. The molecule has 0 aliphatic rings. The molecule has 0 saturated heterocycles. The van der Waals surface area contributed by atoms with Crippen molar-refractivity contribution in [2.45, 2.75) is 20.3 Å². The molecule has 13 heavy (non-hydrogen) atoms. The lowest BCUT2D eigenvalue weighted by Gasteiger charge is -1.86. The Labute approximate surface area is 79.2 Å². The van der Waals surface area contributed by atoms with Gasteiger partial charge in [-0.3, -0.25) is 4.79 Å². The largest absolute Gasteiger partial charge is 0.296 e. The van der Waals surface area contributed by atoms with Crippen molar-refractivity contribution in [3.63, 3.8) is 0 Å². The topological polar surface area (TPSA) is 47.3 Å². The average Bonchev–Trinajstić information content (AvgIpc) is 2.60. The molecule has 0 radical (unpaired) electrons. The molecule has 2 rings (SSSR count). The second-order valence-corrected chi connectivity index (χ2v) is 3.78. The molecule has 4 nitrogen and oxygen atoms in total. The van der Waals surface area contributed by atoms with Gasteiger partial charge in [0.25, 0.3) is 0 Å². The van der Waals surface area contributed by atoms with Crippen molar-refractivity contribution >= 4 is 22.6 Å². The van der Waals surface area contributed by atoms with Crippen LogP contribution in [0.2, 0.25) is 0 Å². The molecule has 2 aromatic heterocycles. The molecular formula is C8H9N3OS. The highest BCUT2D eigenvalue weighted by Gasteiger charge is 2.11. The van der Waals surface area contributed by atoms with Crippen molar-refractivity contribution in [1.29, 1.82) is 0 Å². The molecule has 0 N–H and O–H groups in total. The van der Waals surface area contributed by atoms with E-state index in [1.165, 1.54) is 11.3 Å². The molecular weight excluding hydrogens is 186 g/mol. The van der Waals surface area contributed by atoms with E-state index < -0.39 is 0 Å². The first-order valence-electron chi connectivity index (χ1n) is 4.06. The van der Waals surface area contributed by atoms with E-state index in [9.17, 15) is 4.79 Å². The number of aldehydes is 1. The number of imidazole rings is 1. The van der Waals surface area contributed by atoms with Gasteiger partial charge in [0.15, 0.2) is 6.29 Å². The van der Waals surface area contributed by atoms with Gasteiger partial charge in [0.1, 0.15) is 10.7 Å². The lowest BCUT2D eigenvalue weighted by Crippen LogP contribution is -1.94. The maximum atomic E-state index is 10.7. The average molecular weight is 195 g/mol. The van der Waals surface area contributed by atoms with Crippen LogP contribution in [0.25, 0.3) is 4.96 Å². The van der Waals surface area contributed by atoms with Gasteiger partial charge in [-0.15, -0.1) is 0 Å². The summed E-state index contributed by atoms with van der Waals surface area (Å²) in [4.78, 5) is 15.7. The van der Waals surface area contributed by atoms with Crippen LogP contribution in [0.3, 0.4) is 0 Å². The highest BCUT2D eigenvalue weighted by atomic mass is 32.1. The summed E-state index contributed by atoms with van der Waals surface area (Å²) in [5.74, 6) is 0. The normalized spacial score (nSPS) is 10.9. The smallest absolute Gasteiger partial charge is 0.213 e. The van der Waals surface area contributed by atoms with E-state index in [0.717, 1.165) is 28.4 Å². The molecule has 68 valence electrons. The van der Waals surface area contributed by atoms with Crippen LogP contribution in [0.4, 0.5) is 0 Å². The zero-order chi connectivity index (χ0) is 9.42. The monoisotopic (exact) mass is 195 g/mol. The fourth-order valence-corrected chi connectivity index (χ4v) is 2.07. The number of aryl methyl sites for hydroxylation is 2. The molecule has 0 fully saturated rings. The fourth-order valence-electron chi connectivity index (χ4n) is 1.18. The Hall–Kier alpha value is -1.23. The lowest BCUT2D eigenvalue weighted by molar-refractivity contribution is 0.111. The van der Waals surface area contributed by atoms with Crippen LogP contribution in [-0.2, 0) is 6.42 Å². The Morgan fingerprint density at radius 3 is 3.00 bits per heavy atom. The summed E-state index contributed by atoms with van der Waals surface area (Å²) in [6, 6.07) is 0. The molecule has 0 aliphatic heterocycles. The van der Waals surface area contributed by atoms with Gasteiger partial charge >= 0.3 is 0 Å². The van der Waals surface area contributed by atoms with E-state index in [-0.39, 0.29) is 0 Å². The quantitative estimate of drug-likeness (QED) is 0.682. The van der Waals surface area contributed by atoms with Gasteiger partial charge in [-0.1, -0.05) is 18.3 Å². The molecule has 0 saturated carbocycles. The second-order valence-electron chi connectivity index (χ2n) is 2.74. The Morgan fingerprint density at radius 2 is 2.38 bits per heavy atom. The molecule has 0 bridgehead atoms. The number of carbonyl (C=O) groups excluding carboxylic acids is 1. The van der Waals surface area contributed by atoms with Crippen LogP contribution >= 0.6 is 11.3 Å². The number of hydrogen-bond acceptors (Lipinski definition) is 4. The van der Waals surface area contributed by atoms with Crippen LogP contribution in [0.5, 0.6) is 0 Å². The lowest BCUT2D eigenvalue weighted by atomic mass is 10.4. The maximum Gasteiger partial charge on any atom is 0.213 e. The zero-order valence-electron chi connectivity index (χ0n) is 7.44. The SMILES string of the molecule is CCc1nn2c(C=O)c(C)nc2s1. The summed E-state index contributed by atoms with van der Waals surface area (Å²) >= 11 is 1.53. The van der Waals surface area contributed by atoms with Crippen molar-refractivity contribution in [2.24, 2.45) is 0 Å². The Morgan fingerprint density at radius 1 is 1.62 bits per heavy atom. The van der Waals surface area contributed by atoms with Crippen LogP contribution in [0.15, 0.2) is 0 Å². The highest BCUT2D eigenvalue weighted by molar-refractivity contribution is 7.16. The van der Waals surface area contributed by atoms with Crippen LogP contribution in [-0.4, -0.2) is 20.9 Å². The molecule has 0 spiro atoms. The van der Waals surface area contributed by atoms with Gasteiger partial charge in [-0.2, -0.15) is 9.61 Å². The molecule has 0 aromatic carbocycles. The van der Waals surface area contributed by atoms with E-state index in [1.54, 1.807) is 4.52 Å². The molecule has 0 atom stereocenters. The van der Waals surface area contributed by atoms with E-state index in [0.29, 0.717) is 5.69 Å². The number of aromatic nitrogens is 3. The number of fused-ring (bicyclic) bond motifs is 1. The van der Waals surface area contributed by atoms with Gasteiger partial charge in [-0.05, 0) is 13.3 Å². The van der Waals surface area contributed by atoms with Gasteiger partial charge in [-0.25, -0.2) is 4.98 Å². The predicted octanol–water partition coefficient (Wildman–Crippen LogP) is 1.47. The molecule has 5 heteroatoms. The first-order valence-corrected chi connectivity index (χ1v) is 4.88. The van der Waals surface area contributed by atoms with Gasteiger partial charge in [0.2, 0.25) is 4.96 Å². The molecule has 2 heterocycles. The van der Waals surface area contributed by atoms with Crippen molar-refractivity contribution < 1.29 is 4.79 Å².